The molecule has 2 aromatic carbocycles. The molecule has 5 rings (SSSR count). The van der Waals surface area contributed by atoms with Gasteiger partial charge in [0.1, 0.15) is 6.23 Å². The van der Waals surface area contributed by atoms with E-state index in [-0.39, 0.29) is 12.3 Å². The predicted molar refractivity (Wildman–Crippen MR) is 128 cm³/mol. The zero-order valence-corrected chi connectivity index (χ0v) is 19.0. The van der Waals surface area contributed by atoms with Crippen LogP contribution < -0.4 is 10.6 Å². The van der Waals surface area contributed by atoms with E-state index in [1.165, 1.54) is 7.05 Å². The Morgan fingerprint density at radius 3 is 2.65 bits per heavy atom. The molecular weight excluding hydrogens is 432 g/mol. The molecule has 34 heavy (non-hydrogen) atoms. The van der Waals surface area contributed by atoms with Gasteiger partial charge in [-0.05, 0) is 12.5 Å². The molecule has 0 unspecified atom stereocenters. The topological polar surface area (TPSA) is 114 Å². The first-order valence-corrected chi connectivity index (χ1v) is 11.2. The van der Waals surface area contributed by atoms with Crippen LogP contribution in [0, 0.1) is 6.92 Å². The van der Waals surface area contributed by atoms with Gasteiger partial charge in [0.25, 0.3) is 5.91 Å². The van der Waals surface area contributed by atoms with Crippen molar-refractivity contribution in [1.29, 1.82) is 0 Å². The first-order chi connectivity index (χ1) is 16.5. The molecule has 4 aromatic rings. The number of rotatable bonds is 6. The maximum absolute atomic E-state index is 12.1. The van der Waals surface area contributed by atoms with Gasteiger partial charge in [0.05, 0.1) is 12.4 Å². The number of hydrogen-bond donors (Lipinski definition) is 3. The van der Waals surface area contributed by atoms with E-state index in [2.05, 4.69) is 15.6 Å². The Morgan fingerprint density at radius 2 is 1.91 bits per heavy atom. The summed E-state index contributed by atoms with van der Waals surface area (Å²) in [4.78, 5) is 26.2. The van der Waals surface area contributed by atoms with Crippen molar-refractivity contribution >= 4 is 22.9 Å². The van der Waals surface area contributed by atoms with Gasteiger partial charge in [-0.1, -0.05) is 60.2 Å². The molecule has 3 heterocycles. The Labute approximate surface area is 196 Å². The Balaban J connectivity index is 1.55. The molecule has 2 aromatic heterocycles. The lowest BCUT2D eigenvalue weighted by Crippen LogP contribution is -2.38. The molecule has 0 aliphatic carbocycles. The normalized spacial score (nSPS) is 19.9. The number of nitrogens with zero attached hydrogens (tertiary/aromatic N) is 4. The predicted octanol–water partition coefficient (Wildman–Crippen LogP) is 2.81. The lowest BCUT2D eigenvalue weighted by molar-refractivity contribution is -0.137. The van der Waals surface area contributed by atoms with Crippen LogP contribution in [0.15, 0.2) is 60.9 Å². The fraction of sp³-hybridized carbons (Fsp3) is 0.280. The van der Waals surface area contributed by atoms with E-state index in [1.807, 2.05) is 61.5 Å². The number of aryl methyl sites for hydroxylation is 1. The average Bonchev–Trinajstić information content (AvgIpc) is 3.46. The number of aromatic nitrogens is 4. The van der Waals surface area contributed by atoms with Crippen molar-refractivity contribution < 1.29 is 14.6 Å². The molecule has 1 aliphatic rings. The van der Waals surface area contributed by atoms with Gasteiger partial charge in [-0.2, -0.15) is 0 Å². The van der Waals surface area contributed by atoms with E-state index in [9.17, 15) is 9.90 Å². The molecule has 3 atom stereocenters. The third kappa shape index (κ3) is 4.23. The number of anilines is 1. The van der Waals surface area contributed by atoms with Gasteiger partial charge in [-0.25, -0.2) is 15.0 Å². The maximum Gasteiger partial charge on any atom is 0.251 e. The zero-order valence-electron chi connectivity index (χ0n) is 19.0. The highest BCUT2D eigenvalue weighted by atomic mass is 16.5. The largest absolute Gasteiger partial charge is 0.390 e. The summed E-state index contributed by atoms with van der Waals surface area (Å²) in [5.74, 6) is 0.787. The van der Waals surface area contributed by atoms with E-state index in [0.717, 1.165) is 16.7 Å². The molecule has 0 saturated carbocycles. The summed E-state index contributed by atoms with van der Waals surface area (Å²) in [6, 6.07) is 18.0. The van der Waals surface area contributed by atoms with E-state index < -0.39 is 18.4 Å². The Morgan fingerprint density at radius 1 is 1.15 bits per heavy atom. The van der Waals surface area contributed by atoms with Crippen molar-refractivity contribution in [3.05, 3.63) is 72.1 Å². The molecule has 0 spiro atoms. The van der Waals surface area contributed by atoms with Gasteiger partial charge < -0.3 is 20.5 Å². The van der Waals surface area contributed by atoms with E-state index in [4.69, 9.17) is 14.7 Å². The number of fused-ring (bicyclic) bond motifs is 1. The number of imidazole rings is 1. The number of hydrogen-bond acceptors (Lipinski definition) is 7. The number of carbonyl (C=O) groups excluding carboxylic acids is 1. The summed E-state index contributed by atoms with van der Waals surface area (Å²) in [5, 5.41) is 16.3. The molecule has 0 radical (unpaired) electrons. The monoisotopic (exact) mass is 458 g/mol. The molecule has 9 nitrogen and oxygen atoms in total. The van der Waals surface area contributed by atoms with Crippen LogP contribution in [-0.4, -0.2) is 49.8 Å². The lowest BCUT2D eigenvalue weighted by atomic mass is 10.1. The van der Waals surface area contributed by atoms with Gasteiger partial charge in [-0.15, -0.1) is 0 Å². The quantitative estimate of drug-likeness (QED) is 0.407. The molecular formula is C25H26N6O3. The second-order valence-electron chi connectivity index (χ2n) is 8.35. The summed E-state index contributed by atoms with van der Waals surface area (Å²) in [5.41, 5.74) is 4.29. The van der Waals surface area contributed by atoms with Crippen LogP contribution in [0.4, 0.5) is 5.82 Å². The second kappa shape index (κ2) is 9.20. The minimum absolute atomic E-state index is 0.250. The number of aliphatic hydroxyl groups excluding tert-OH is 1. The Kier molecular flexibility index (Phi) is 5.95. The lowest BCUT2D eigenvalue weighted by Gasteiger charge is -2.15. The van der Waals surface area contributed by atoms with Gasteiger partial charge in [-0.3, -0.25) is 9.36 Å². The number of benzene rings is 2. The number of ether oxygens (including phenoxy) is 1. The fourth-order valence-corrected chi connectivity index (χ4v) is 4.07. The van der Waals surface area contributed by atoms with Gasteiger partial charge in [0, 0.05) is 25.6 Å². The molecule has 3 N–H and O–H groups in total. The highest BCUT2D eigenvalue weighted by Gasteiger charge is 2.40. The minimum Gasteiger partial charge on any atom is -0.390 e. The Bertz CT molecular complexity index is 1310. The van der Waals surface area contributed by atoms with Gasteiger partial charge in [0.2, 0.25) is 0 Å². The van der Waals surface area contributed by atoms with Crippen LogP contribution in [0.3, 0.4) is 0 Å². The summed E-state index contributed by atoms with van der Waals surface area (Å²) in [6.07, 6.45) is -0.571. The summed E-state index contributed by atoms with van der Waals surface area (Å²) in [7, 11) is 1.52. The summed E-state index contributed by atoms with van der Waals surface area (Å²) < 4.78 is 7.65. The summed E-state index contributed by atoms with van der Waals surface area (Å²) in [6.45, 7) is 2.60. The van der Waals surface area contributed by atoms with Crippen LogP contribution in [0.5, 0.6) is 0 Å². The molecule has 1 saturated heterocycles. The first-order valence-electron chi connectivity index (χ1n) is 11.2. The zero-order chi connectivity index (χ0) is 23.7. The highest BCUT2D eigenvalue weighted by Crippen LogP contribution is 2.33. The smallest absolute Gasteiger partial charge is 0.251 e. The van der Waals surface area contributed by atoms with Crippen LogP contribution in [0.2, 0.25) is 0 Å². The van der Waals surface area contributed by atoms with Crippen molar-refractivity contribution in [1.82, 2.24) is 24.8 Å². The van der Waals surface area contributed by atoms with Crippen LogP contribution in [-0.2, 0) is 16.1 Å². The van der Waals surface area contributed by atoms with E-state index >= 15 is 0 Å². The van der Waals surface area contributed by atoms with Crippen molar-refractivity contribution in [3.63, 3.8) is 0 Å². The van der Waals surface area contributed by atoms with Crippen molar-refractivity contribution in [2.24, 2.45) is 0 Å². The minimum atomic E-state index is -0.943. The van der Waals surface area contributed by atoms with Crippen molar-refractivity contribution in [3.8, 4) is 11.4 Å². The number of amides is 1. The fourth-order valence-electron chi connectivity index (χ4n) is 4.07. The Hall–Kier alpha value is -3.82. The molecule has 0 bridgehead atoms. The number of carbonyl (C=O) groups is 1. The number of aliphatic hydroxyl groups is 1. The number of likely N-dealkylation sites (N-methyl/N-ethyl adjacent to an activating group) is 1. The molecule has 1 amide bonds. The molecule has 1 aliphatic heterocycles. The van der Waals surface area contributed by atoms with Crippen molar-refractivity contribution in [2.75, 3.05) is 12.4 Å². The number of nitrogens with one attached hydrogen (secondary N) is 2. The average molecular weight is 459 g/mol. The SMILES string of the molecule is CNC(=O)[C@H]1O[C@@H](n2cnc3c(NCc4ccccc4)nc(-c4ccc(C)cc4)nc32)C[C@@H]1O. The second-order valence-corrected chi connectivity index (χ2v) is 8.35. The van der Waals surface area contributed by atoms with Gasteiger partial charge >= 0.3 is 0 Å². The van der Waals surface area contributed by atoms with E-state index in [0.29, 0.717) is 29.4 Å². The third-order valence-corrected chi connectivity index (χ3v) is 5.95. The van der Waals surface area contributed by atoms with Crippen LogP contribution >= 0.6 is 0 Å². The third-order valence-electron chi connectivity index (χ3n) is 5.95. The van der Waals surface area contributed by atoms with Gasteiger partial charge in [0.15, 0.2) is 28.9 Å². The first kappa shape index (κ1) is 22.0. The van der Waals surface area contributed by atoms with Crippen molar-refractivity contribution in [2.45, 2.75) is 38.3 Å². The molecule has 174 valence electrons. The van der Waals surface area contributed by atoms with Crippen LogP contribution in [0.25, 0.3) is 22.6 Å². The summed E-state index contributed by atoms with van der Waals surface area (Å²) >= 11 is 0. The van der Waals surface area contributed by atoms with E-state index in [1.54, 1.807) is 10.9 Å². The standard InChI is InChI=1S/C25H26N6O3/c1-15-8-10-17(11-9-15)22-29-23(27-13-16-6-4-3-5-7-16)20-24(30-22)31(14-28-20)19-12-18(32)21(34-19)25(33)26-2/h3-11,14,18-19,21,32H,12-13H2,1-2H3,(H,26,33)(H,27,29,30)/t18-,19+,21-/m0/s1. The van der Waals surface area contributed by atoms with Crippen LogP contribution in [0.1, 0.15) is 23.8 Å². The molecule has 9 heteroatoms. The molecule has 1 fully saturated rings. The maximum atomic E-state index is 12.1. The highest BCUT2D eigenvalue weighted by molar-refractivity contribution is 5.85.